The van der Waals surface area contributed by atoms with Gasteiger partial charge in [0, 0.05) is 13.1 Å². The molecule has 0 spiro atoms. The van der Waals surface area contributed by atoms with E-state index in [1.165, 1.54) is 0 Å². The van der Waals surface area contributed by atoms with E-state index in [0.717, 1.165) is 26.1 Å². The molecule has 0 bridgehead atoms. The number of morpholine rings is 1. The average molecular weight is 196 g/mol. The van der Waals surface area contributed by atoms with Crippen LogP contribution in [0.2, 0.25) is 0 Å². The van der Waals surface area contributed by atoms with Gasteiger partial charge in [-0.1, -0.05) is 6.92 Å². The Morgan fingerprint density at radius 1 is 1.67 bits per heavy atom. The molecule has 0 saturated carbocycles. The quantitative estimate of drug-likeness (QED) is 0.674. The first kappa shape index (κ1) is 9.40. The summed E-state index contributed by atoms with van der Waals surface area (Å²) in [6.45, 7) is 5.10. The molecule has 1 saturated heterocycles. The van der Waals surface area contributed by atoms with Crippen molar-refractivity contribution in [3.05, 3.63) is 0 Å². The van der Waals surface area contributed by atoms with E-state index in [1.807, 2.05) is 0 Å². The Balaban J connectivity index is 0.000000640. The third-order valence-electron chi connectivity index (χ3n) is 1.46. The van der Waals surface area contributed by atoms with Crippen LogP contribution in [0.15, 0.2) is 0 Å². The molecule has 0 radical (unpaired) electrons. The van der Waals surface area contributed by atoms with Crippen LogP contribution in [0.5, 0.6) is 0 Å². The van der Waals surface area contributed by atoms with E-state index in [4.69, 9.17) is 4.74 Å². The molecular formula is C6H14BrNO. The molecule has 1 fully saturated rings. The monoisotopic (exact) mass is 195 g/mol. The molecule has 1 atom stereocenters. The summed E-state index contributed by atoms with van der Waals surface area (Å²) in [6, 6.07) is 0. The van der Waals surface area contributed by atoms with Crippen LogP contribution in [-0.4, -0.2) is 25.8 Å². The van der Waals surface area contributed by atoms with Crippen LogP contribution in [0.4, 0.5) is 0 Å². The van der Waals surface area contributed by atoms with Crippen LogP contribution in [0.25, 0.3) is 0 Å². The van der Waals surface area contributed by atoms with Gasteiger partial charge in [-0.05, 0) is 6.42 Å². The molecule has 0 aromatic rings. The largest absolute Gasteiger partial charge is 0.376 e. The summed E-state index contributed by atoms with van der Waals surface area (Å²) in [5.41, 5.74) is 0. The third kappa shape index (κ3) is 3.18. The van der Waals surface area contributed by atoms with Gasteiger partial charge >= 0.3 is 0 Å². The smallest absolute Gasteiger partial charge is 0.0697 e. The van der Waals surface area contributed by atoms with E-state index in [2.05, 4.69) is 12.2 Å². The second kappa shape index (κ2) is 5.21. The molecule has 1 aliphatic heterocycles. The zero-order valence-corrected chi connectivity index (χ0v) is 7.44. The van der Waals surface area contributed by atoms with Crippen molar-refractivity contribution in [1.29, 1.82) is 0 Å². The molecule has 0 aromatic carbocycles. The number of nitrogens with one attached hydrogen (secondary N) is 1. The van der Waals surface area contributed by atoms with Crippen LogP contribution in [-0.2, 0) is 4.74 Å². The molecule has 3 heteroatoms. The minimum Gasteiger partial charge on any atom is -0.376 e. The molecule has 1 aliphatic rings. The maximum atomic E-state index is 5.36. The molecule has 1 N–H and O–H groups in total. The molecule has 56 valence electrons. The summed E-state index contributed by atoms with van der Waals surface area (Å²) in [5, 5.41) is 3.26. The van der Waals surface area contributed by atoms with Crippen LogP contribution >= 0.6 is 17.0 Å². The van der Waals surface area contributed by atoms with Gasteiger partial charge in [0.25, 0.3) is 0 Å². The molecule has 0 aromatic heterocycles. The zero-order valence-electron chi connectivity index (χ0n) is 5.72. The van der Waals surface area contributed by atoms with Gasteiger partial charge in [-0.15, -0.1) is 17.0 Å². The average Bonchev–Trinajstić information content (AvgIpc) is 1.90. The molecule has 1 rings (SSSR count). The van der Waals surface area contributed by atoms with Crippen molar-refractivity contribution in [2.24, 2.45) is 0 Å². The van der Waals surface area contributed by atoms with Gasteiger partial charge in [0.1, 0.15) is 0 Å². The van der Waals surface area contributed by atoms with E-state index in [9.17, 15) is 0 Å². The Morgan fingerprint density at radius 3 is 2.78 bits per heavy atom. The van der Waals surface area contributed by atoms with Crippen molar-refractivity contribution in [1.82, 2.24) is 5.32 Å². The van der Waals surface area contributed by atoms with Gasteiger partial charge in [-0.3, -0.25) is 0 Å². The van der Waals surface area contributed by atoms with E-state index in [0.29, 0.717) is 6.10 Å². The lowest BCUT2D eigenvalue weighted by Gasteiger charge is -2.21. The number of ether oxygens (including phenoxy) is 1. The molecule has 2 nitrogen and oxygen atoms in total. The predicted molar refractivity (Wildman–Crippen MR) is 43.2 cm³/mol. The van der Waals surface area contributed by atoms with Gasteiger partial charge in [0.05, 0.1) is 12.7 Å². The van der Waals surface area contributed by atoms with Crippen molar-refractivity contribution in [3.63, 3.8) is 0 Å². The van der Waals surface area contributed by atoms with Crippen LogP contribution in [0.1, 0.15) is 13.3 Å². The lowest BCUT2D eigenvalue weighted by Crippen LogP contribution is -2.37. The number of rotatable bonds is 1. The van der Waals surface area contributed by atoms with Crippen LogP contribution in [0.3, 0.4) is 0 Å². The van der Waals surface area contributed by atoms with E-state index >= 15 is 0 Å². The fourth-order valence-corrected chi connectivity index (χ4v) is 0.882. The van der Waals surface area contributed by atoms with Gasteiger partial charge in [0.2, 0.25) is 0 Å². The maximum absolute atomic E-state index is 5.36. The summed E-state index contributed by atoms with van der Waals surface area (Å²) in [6.07, 6.45) is 1.61. The highest BCUT2D eigenvalue weighted by Crippen LogP contribution is 1.98. The summed E-state index contributed by atoms with van der Waals surface area (Å²) in [5.74, 6) is 0. The molecule has 1 heterocycles. The van der Waals surface area contributed by atoms with Crippen LogP contribution in [0, 0.1) is 0 Å². The van der Waals surface area contributed by atoms with Crippen molar-refractivity contribution in [3.8, 4) is 0 Å². The normalized spacial score (nSPS) is 27.0. The second-order valence-corrected chi connectivity index (χ2v) is 2.11. The highest BCUT2D eigenvalue weighted by Gasteiger charge is 2.08. The Hall–Kier alpha value is 0.400. The van der Waals surface area contributed by atoms with Crippen molar-refractivity contribution in [2.45, 2.75) is 19.4 Å². The Bertz CT molecular complexity index is 64.1. The fraction of sp³-hybridized carbons (Fsp3) is 1.00. The minimum atomic E-state index is 0. The highest BCUT2D eigenvalue weighted by atomic mass is 79.9. The first-order valence-corrected chi connectivity index (χ1v) is 3.26. The number of hydrogen-bond donors (Lipinski definition) is 1. The van der Waals surface area contributed by atoms with E-state index < -0.39 is 0 Å². The Kier molecular flexibility index (Phi) is 5.44. The van der Waals surface area contributed by atoms with Gasteiger partial charge in [-0.25, -0.2) is 0 Å². The van der Waals surface area contributed by atoms with E-state index in [-0.39, 0.29) is 17.0 Å². The molecular weight excluding hydrogens is 182 g/mol. The summed E-state index contributed by atoms with van der Waals surface area (Å²) >= 11 is 0. The Morgan fingerprint density at radius 2 is 2.44 bits per heavy atom. The summed E-state index contributed by atoms with van der Waals surface area (Å²) < 4.78 is 5.36. The number of hydrogen-bond acceptors (Lipinski definition) is 2. The first-order chi connectivity index (χ1) is 3.93. The third-order valence-corrected chi connectivity index (χ3v) is 1.46. The molecule has 0 aliphatic carbocycles. The van der Waals surface area contributed by atoms with Crippen LogP contribution < -0.4 is 5.32 Å². The van der Waals surface area contributed by atoms with E-state index in [1.54, 1.807) is 0 Å². The minimum absolute atomic E-state index is 0. The topological polar surface area (TPSA) is 21.3 Å². The lowest BCUT2D eigenvalue weighted by molar-refractivity contribution is 0.0267. The second-order valence-electron chi connectivity index (χ2n) is 2.11. The van der Waals surface area contributed by atoms with Crippen molar-refractivity contribution < 1.29 is 4.74 Å². The predicted octanol–water partition coefficient (Wildman–Crippen LogP) is 0.963. The SMILES string of the molecule is Br.CC[C@H]1CNCCO1. The first-order valence-electron chi connectivity index (χ1n) is 3.26. The Labute approximate surface area is 66.7 Å². The van der Waals surface area contributed by atoms with Gasteiger partial charge < -0.3 is 10.1 Å². The fourth-order valence-electron chi connectivity index (χ4n) is 0.882. The molecule has 9 heavy (non-hydrogen) atoms. The van der Waals surface area contributed by atoms with Gasteiger partial charge in [0.15, 0.2) is 0 Å². The zero-order chi connectivity index (χ0) is 5.82. The maximum Gasteiger partial charge on any atom is 0.0697 e. The number of halogens is 1. The lowest BCUT2D eigenvalue weighted by atomic mass is 10.2. The summed E-state index contributed by atoms with van der Waals surface area (Å²) in [4.78, 5) is 0. The summed E-state index contributed by atoms with van der Waals surface area (Å²) in [7, 11) is 0. The standard InChI is InChI=1S/C6H13NO.BrH/c1-2-6-5-7-3-4-8-6;/h6-7H,2-5H2,1H3;1H/t6-;/m0./s1. The van der Waals surface area contributed by atoms with Gasteiger partial charge in [-0.2, -0.15) is 0 Å². The molecule has 0 unspecified atom stereocenters. The van der Waals surface area contributed by atoms with Crippen molar-refractivity contribution >= 4 is 17.0 Å². The van der Waals surface area contributed by atoms with Crippen molar-refractivity contribution in [2.75, 3.05) is 19.7 Å². The molecule has 0 amide bonds. The highest BCUT2D eigenvalue weighted by molar-refractivity contribution is 8.93.